The maximum atomic E-state index is 11.8. The average molecular weight is 1410 g/mol. The number of likely N-dealkylation sites (tertiary alicyclic amines) is 6. The highest BCUT2D eigenvalue weighted by Crippen LogP contribution is 2.39. The van der Waals surface area contributed by atoms with E-state index in [1.165, 1.54) is 130 Å². The minimum absolute atomic E-state index is 0.208. The fourth-order valence-corrected chi connectivity index (χ4v) is 15.7. The first-order chi connectivity index (χ1) is 45.2. The molecule has 9 saturated heterocycles. The van der Waals surface area contributed by atoms with Crippen LogP contribution in [-0.2, 0) is 14.4 Å². The van der Waals surface area contributed by atoms with Crippen LogP contribution < -0.4 is 16.0 Å². The fourth-order valence-electron chi connectivity index (χ4n) is 15.7. The molecule has 0 aromatic rings. The molecule has 9 heterocycles. The van der Waals surface area contributed by atoms with Gasteiger partial charge in [-0.25, -0.2) is 0 Å². The van der Waals surface area contributed by atoms with Crippen molar-refractivity contribution in [3.8, 4) is 0 Å². The smallest absolute Gasteiger partial charge is 0.236 e. The highest BCUT2D eigenvalue weighted by atomic mass is 16.2. The van der Waals surface area contributed by atoms with E-state index in [0.29, 0.717) is 74.0 Å². The zero-order valence-electron chi connectivity index (χ0n) is 74.0. The molecular formula is C87H178N10O3. The first kappa shape index (κ1) is 96.1. The molecule has 13 nitrogen and oxygen atoms in total. The maximum Gasteiger partial charge on any atom is 0.236 e. The van der Waals surface area contributed by atoms with Crippen molar-refractivity contribution in [2.75, 3.05) is 139 Å². The van der Waals surface area contributed by atoms with Crippen LogP contribution in [0.3, 0.4) is 0 Å². The number of nitrogens with one attached hydrogen (secondary N) is 3. The lowest BCUT2D eigenvalue weighted by Gasteiger charge is -2.32. The molecule has 9 atom stereocenters. The summed E-state index contributed by atoms with van der Waals surface area (Å²) in [6.45, 7) is 92.3. The molecule has 9 rings (SSSR count). The fraction of sp³-hybridized carbons (Fsp3) is 0.966. The van der Waals surface area contributed by atoms with Crippen molar-refractivity contribution < 1.29 is 14.4 Å². The number of hydrogen-bond acceptors (Lipinski definition) is 10. The molecule has 0 saturated carbocycles. The maximum absolute atomic E-state index is 11.8. The van der Waals surface area contributed by atoms with Gasteiger partial charge >= 0.3 is 0 Å². The SMILES string of the molecule is CC(=O)N1CCC(C(C)(C)C)C1.CC(C)(C)C1CCCN1.CC(C)(C)C1CCNC1.CC(C)(C)C1CNC(=O)C1.CC(C)CN1CCC(C(C)(C)C)C1.CC(C)N1CCC(C(C)(C)C)C1.CN(C)CC(=O)N1CCC(C(C)(C)C)C1.CN1CCC(C(C)(C)C)C1.CN1CCCC1C(C)(C)C. The van der Waals surface area contributed by atoms with Crippen LogP contribution in [0.1, 0.15) is 292 Å². The summed E-state index contributed by atoms with van der Waals surface area (Å²) in [4.78, 5) is 49.7. The van der Waals surface area contributed by atoms with E-state index >= 15 is 0 Å². The van der Waals surface area contributed by atoms with E-state index in [2.05, 4.69) is 264 Å². The van der Waals surface area contributed by atoms with Crippen molar-refractivity contribution in [3.05, 3.63) is 0 Å². The van der Waals surface area contributed by atoms with E-state index < -0.39 is 0 Å². The molecule has 3 N–H and O–H groups in total. The average Bonchev–Trinajstić information content (AvgIpc) is 1.71. The summed E-state index contributed by atoms with van der Waals surface area (Å²) in [5.74, 6) is 7.01. The quantitative estimate of drug-likeness (QED) is 0.246. The Morgan fingerprint density at radius 2 is 0.910 bits per heavy atom. The summed E-state index contributed by atoms with van der Waals surface area (Å²) < 4.78 is 0. The molecule has 9 fully saturated rings. The number of carbonyl (C=O) groups is 3. The molecule has 9 unspecified atom stereocenters. The molecular weight excluding hydrogens is 1230 g/mol. The third-order valence-electron chi connectivity index (χ3n) is 24.1. The van der Waals surface area contributed by atoms with Gasteiger partial charge in [0.15, 0.2) is 0 Å². The van der Waals surface area contributed by atoms with Gasteiger partial charge in [0.1, 0.15) is 0 Å². The summed E-state index contributed by atoms with van der Waals surface area (Å²) in [6, 6.07) is 2.31. The Balaban J connectivity index is 0.000000565. The molecule has 13 heteroatoms. The molecule has 3 amide bonds. The summed E-state index contributed by atoms with van der Waals surface area (Å²) in [7, 11) is 8.33. The molecule has 9 aliphatic rings. The van der Waals surface area contributed by atoms with Gasteiger partial charge in [0, 0.05) is 90.4 Å². The summed E-state index contributed by atoms with van der Waals surface area (Å²) in [5, 5.41) is 9.71. The first-order valence-electron chi connectivity index (χ1n) is 41.0. The molecule has 0 aromatic carbocycles. The standard InChI is InChI=1S/C12H24N2O.C12H25N.C11H23N.C10H19NO.2C9H19N.C8H15NO.2C8H17N/c1-12(2,3)10-6-7-14(8-10)11(15)9-13(4)5;1-10(2)8-13-7-6-11(9-13)12(3,4)5;1-9(2)12-7-6-10(8-12)11(3,4)5;1-8(12)11-6-5-9(7-11)10(2,3)4;1-9(2,3)8-5-6-10(4)7-8;1-9(2,3)8-6-5-7-10(8)4;1-8(2,3)6-4-7(10)9-5-6;1-8(2,3)7-4-5-9-6-7;1-8(2,3)7-5-4-6-9-7/h10H,6-9H2,1-5H3;10-11H,6-9H2,1-5H3;9-10H,6-8H2,1-5H3;9H,5-7H2,1-4H3;2*8H,5-7H2,1-4H3;6H,4-5H2,1-3H3,(H,9,10);2*7,9H,4-6H2,1-3H3. The van der Waals surface area contributed by atoms with Crippen LogP contribution in [0.2, 0.25) is 0 Å². The summed E-state index contributed by atoms with van der Waals surface area (Å²) in [5.41, 5.74) is 3.95. The second-order valence-electron chi connectivity index (χ2n) is 43.5. The second kappa shape index (κ2) is 42.0. The topological polar surface area (TPSA) is 110 Å². The molecule has 0 aromatic heterocycles. The van der Waals surface area contributed by atoms with Crippen LogP contribution in [0.4, 0.5) is 0 Å². The number of likely N-dealkylation sites (N-methyl/N-ethyl adjacent to an activating group) is 1. The summed E-state index contributed by atoms with van der Waals surface area (Å²) >= 11 is 0. The van der Waals surface area contributed by atoms with E-state index in [1.807, 2.05) is 28.8 Å². The van der Waals surface area contributed by atoms with Crippen molar-refractivity contribution >= 4 is 17.7 Å². The van der Waals surface area contributed by atoms with Crippen LogP contribution in [0.5, 0.6) is 0 Å². The molecule has 0 bridgehead atoms. The minimum atomic E-state index is 0.208. The van der Waals surface area contributed by atoms with E-state index in [9.17, 15) is 14.4 Å². The van der Waals surface area contributed by atoms with Crippen molar-refractivity contribution in [3.63, 3.8) is 0 Å². The largest absolute Gasteiger partial charge is 0.356 e. The molecule has 594 valence electrons. The molecule has 0 radical (unpaired) electrons. The van der Waals surface area contributed by atoms with E-state index in [0.717, 1.165) is 86.9 Å². The normalized spacial score (nSPS) is 26.7. The lowest BCUT2D eigenvalue weighted by Crippen LogP contribution is -2.37. The van der Waals surface area contributed by atoms with E-state index in [-0.39, 0.29) is 23.1 Å². The second-order valence-corrected chi connectivity index (χ2v) is 43.5. The van der Waals surface area contributed by atoms with Crippen molar-refractivity contribution in [2.45, 2.75) is 310 Å². The predicted molar refractivity (Wildman–Crippen MR) is 437 cm³/mol. The number of nitrogens with zero attached hydrogens (tertiary/aromatic N) is 7. The number of carbonyl (C=O) groups excluding carboxylic acids is 3. The Morgan fingerprint density at radius 3 is 1.17 bits per heavy atom. The highest BCUT2D eigenvalue weighted by Gasteiger charge is 2.38. The van der Waals surface area contributed by atoms with Crippen LogP contribution >= 0.6 is 0 Å². The van der Waals surface area contributed by atoms with Gasteiger partial charge in [-0.05, 0) is 248 Å². The van der Waals surface area contributed by atoms with Gasteiger partial charge in [0.25, 0.3) is 0 Å². The van der Waals surface area contributed by atoms with Gasteiger partial charge in [0.2, 0.25) is 17.7 Å². The van der Waals surface area contributed by atoms with Crippen molar-refractivity contribution in [1.29, 1.82) is 0 Å². The Kier molecular flexibility index (Phi) is 40.4. The van der Waals surface area contributed by atoms with Gasteiger partial charge < -0.3 is 50.2 Å². The van der Waals surface area contributed by atoms with Crippen LogP contribution in [0.25, 0.3) is 0 Å². The van der Waals surface area contributed by atoms with Gasteiger partial charge in [0.05, 0.1) is 6.54 Å². The Labute approximate surface area is 625 Å². The van der Waals surface area contributed by atoms with Gasteiger partial charge in [-0.2, -0.15) is 0 Å². The zero-order chi connectivity index (χ0) is 77.5. The van der Waals surface area contributed by atoms with Crippen LogP contribution in [0, 0.1) is 96.1 Å². The lowest BCUT2D eigenvalue weighted by atomic mass is 9.80. The zero-order valence-corrected chi connectivity index (χ0v) is 74.0. The minimum Gasteiger partial charge on any atom is -0.356 e. The van der Waals surface area contributed by atoms with Crippen LogP contribution in [0.15, 0.2) is 0 Å². The Hall–Kier alpha value is -1.87. The van der Waals surface area contributed by atoms with E-state index in [4.69, 9.17) is 0 Å². The van der Waals surface area contributed by atoms with Crippen LogP contribution in [-0.4, -0.2) is 210 Å². The number of hydrogen-bond donors (Lipinski definition) is 3. The Bertz CT molecular complexity index is 2210. The molecule has 9 aliphatic heterocycles. The summed E-state index contributed by atoms with van der Waals surface area (Å²) in [6.07, 6.45) is 14.1. The Morgan fingerprint density at radius 1 is 0.460 bits per heavy atom. The highest BCUT2D eigenvalue weighted by molar-refractivity contribution is 5.79. The number of rotatable bonds is 5. The monoisotopic (exact) mass is 1410 g/mol. The first-order valence-corrected chi connectivity index (χ1v) is 41.0. The third-order valence-corrected chi connectivity index (χ3v) is 24.1. The molecule has 0 aliphatic carbocycles. The third kappa shape index (κ3) is 38.6. The number of amides is 3. The van der Waals surface area contributed by atoms with E-state index in [1.54, 1.807) is 6.92 Å². The van der Waals surface area contributed by atoms with Gasteiger partial charge in [-0.1, -0.05) is 201 Å². The molecule has 100 heavy (non-hydrogen) atoms. The lowest BCUT2D eigenvalue weighted by molar-refractivity contribution is -0.131. The van der Waals surface area contributed by atoms with Gasteiger partial charge in [-0.15, -0.1) is 0 Å². The van der Waals surface area contributed by atoms with Crippen molar-refractivity contribution in [2.24, 2.45) is 96.1 Å². The molecule has 0 spiro atoms. The van der Waals surface area contributed by atoms with Gasteiger partial charge in [-0.3, -0.25) is 14.4 Å². The predicted octanol–water partition coefficient (Wildman–Crippen LogP) is 17.8. The van der Waals surface area contributed by atoms with Crippen molar-refractivity contribution in [1.82, 2.24) is 50.2 Å².